The molecule has 1 saturated heterocycles. The van der Waals surface area contributed by atoms with Crippen LogP contribution in [0.2, 0.25) is 5.02 Å². The van der Waals surface area contributed by atoms with Gasteiger partial charge in [-0.1, -0.05) is 17.7 Å². The van der Waals surface area contributed by atoms with Crippen LogP contribution in [0.15, 0.2) is 70.9 Å². The Kier molecular flexibility index (Phi) is 7.92. The van der Waals surface area contributed by atoms with Crippen LogP contribution in [-0.4, -0.2) is 43.1 Å². The molecule has 1 aromatic heterocycles. The highest BCUT2D eigenvalue weighted by molar-refractivity contribution is 6.31. The molecular weight excluding hydrogens is 488 g/mol. The Hall–Kier alpha value is -4.24. The van der Waals surface area contributed by atoms with Gasteiger partial charge in [0.25, 0.3) is 11.8 Å². The summed E-state index contributed by atoms with van der Waals surface area (Å²) in [5.41, 5.74) is 0.340. The van der Waals surface area contributed by atoms with Crippen molar-refractivity contribution in [2.24, 2.45) is 0 Å². The standard InChI is InChI=1S/C26H23ClN2O7/c1-33-23-15-17(5-10-22(23)36-13-3-12-34-19-8-6-18(27)7-9-19)14-21-24(30)28-26(32)29(25(21)31)16-20-4-2-11-35-20/h2,4-11,14-15H,3,12-13,16H2,1H3,(H,28,30,32)/b21-14-. The first-order valence-electron chi connectivity index (χ1n) is 11.0. The van der Waals surface area contributed by atoms with Crippen molar-refractivity contribution in [3.63, 3.8) is 0 Å². The zero-order chi connectivity index (χ0) is 25.5. The Balaban J connectivity index is 1.39. The Bertz CT molecular complexity index is 1270. The second kappa shape index (κ2) is 11.5. The SMILES string of the molecule is COc1cc(/C=C2/C(=O)NC(=O)N(Cc3ccco3)C2=O)ccc1OCCCOc1ccc(Cl)cc1. The molecule has 186 valence electrons. The molecular formula is C26H23ClN2O7. The summed E-state index contributed by atoms with van der Waals surface area (Å²) in [5.74, 6) is 0.560. The number of methoxy groups -OCH3 is 1. The van der Waals surface area contributed by atoms with Crippen LogP contribution in [0, 0.1) is 0 Å². The number of benzene rings is 2. The van der Waals surface area contributed by atoms with E-state index in [0.29, 0.717) is 47.5 Å². The molecule has 36 heavy (non-hydrogen) atoms. The topological polar surface area (TPSA) is 107 Å². The third-order valence-corrected chi connectivity index (χ3v) is 5.46. The molecule has 1 aliphatic heterocycles. The average Bonchev–Trinajstić information content (AvgIpc) is 3.39. The normalized spacial score (nSPS) is 14.7. The molecule has 1 aliphatic rings. The van der Waals surface area contributed by atoms with Gasteiger partial charge < -0.3 is 18.6 Å². The van der Waals surface area contributed by atoms with Gasteiger partial charge >= 0.3 is 6.03 Å². The first-order chi connectivity index (χ1) is 17.4. The smallest absolute Gasteiger partial charge is 0.331 e. The zero-order valence-electron chi connectivity index (χ0n) is 19.4. The van der Waals surface area contributed by atoms with Crippen molar-refractivity contribution in [3.8, 4) is 17.2 Å². The van der Waals surface area contributed by atoms with Crippen LogP contribution in [0.4, 0.5) is 4.79 Å². The van der Waals surface area contributed by atoms with Gasteiger partial charge in [-0.15, -0.1) is 0 Å². The van der Waals surface area contributed by atoms with Crippen molar-refractivity contribution in [1.29, 1.82) is 0 Å². The second-order valence-corrected chi connectivity index (χ2v) is 8.14. The second-order valence-electron chi connectivity index (χ2n) is 7.70. The van der Waals surface area contributed by atoms with Crippen LogP contribution in [-0.2, 0) is 16.1 Å². The Labute approximate surface area is 212 Å². The van der Waals surface area contributed by atoms with Crippen molar-refractivity contribution in [3.05, 3.63) is 82.8 Å². The number of carbonyl (C=O) groups excluding carboxylic acids is 3. The van der Waals surface area contributed by atoms with Gasteiger partial charge in [0.1, 0.15) is 17.1 Å². The number of hydrogen-bond donors (Lipinski definition) is 1. The Morgan fingerprint density at radius 2 is 1.78 bits per heavy atom. The molecule has 4 amide bonds. The molecule has 0 radical (unpaired) electrons. The number of imide groups is 2. The maximum absolute atomic E-state index is 12.9. The van der Waals surface area contributed by atoms with Crippen LogP contribution in [0.3, 0.4) is 0 Å². The number of nitrogens with one attached hydrogen (secondary N) is 1. The average molecular weight is 511 g/mol. The molecule has 0 aliphatic carbocycles. The molecule has 0 bridgehead atoms. The fourth-order valence-corrected chi connectivity index (χ4v) is 3.54. The summed E-state index contributed by atoms with van der Waals surface area (Å²) in [6.45, 7) is 0.744. The van der Waals surface area contributed by atoms with Crippen LogP contribution in [0.25, 0.3) is 6.08 Å². The van der Waals surface area contributed by atoms with Gasteiger partial charge in [0.05, 0.1) is 33.1 Å². The lowest BCUT2D eigenvalue weighted by Crippen LogP contribution is -2.53. The van der Waals surface area contributed by atoms with E-state index in [1.165, 1.54) is 19.4 Å². The number of urea groups is 1. The van der Waals surface area contributed by atoms with E-state index in [9.17, 15) is 14.4 Å². The van der Waals surface area contributed by atoms with E-state index in [0.717, 1.165) is 10.6 Å². The van der Waals surface area contributed by atoms with Crippen molar-refractivity contribution in [2.75, 3.05) is 20.3 Å². The highest BCUT2D eigenvalue weighted by atomic mass is 35.5. The third-order valence-electron chi connectivity index (χ3n) is 5.21. The molecule has 0 saturated carbocycles. The first-order valence-corrected chi connectivity index (χ1v) is 11.4. The molecule has 9 nitrogen and oxygen atoms in total. The highest BCUT2D eigenvalue weighted by Gasteiger charge is 2.36. The molecule has 10 heteroatoms. The number of ether oxygens (including phenoxy) is 3. The largest absolute Gasteiger partial charge is 0.493 e. The summed E-state index contributed by atoms with van der Waals surface area (Å²) in [6, 6.07) is 14.6. The van der Waals surface area contributed by atoms with Crippen molar-refractivity contribution < 1.29 is 33.0 Å². The lowest BCUT2D eigenvalue weighted by molar-refractivity contribution is -0.130. The summed E-state index contributed by atoms with van der Waals surface area (Å²) in [7, 11) is 1.49. The van der Waals surface area contributed by atoms with E-state index in [1.807, 2.05) is 0 Å². The minimum atomic E-state index is -0.806. The van der Waals surface area contributed by atoms with E-state index in [4.69, 9.17) is 30.2 Å². The fraction of sp³-hybridized carbons (Fsp3) is 0.192. The number of hydrogen-bond acceptors (Lipinski definition) is 7. The van der Waals surface area contributed by atoms with E-state index >= 15 is 0 Å². The van der Waals surface area contributed by atoms with Crippen molar-refractivity contribution in [2.45, 2.75) is 13.0 Å². The van der Waals surface area contributed by atoms with Crippen LogP contribution in [0.5, 0.6) is 17.2 Å². The van der Waals surface area contributed by atoms with Gasteiger partial charge in [-0.05, 0) is 60.2 Å². The van der Waals surface area contributed by atoms with Crippen molar-refractivity contribution in [1.82, 2.24) is 10.2 Å². The van der Waals surface area contributed by atoms with Crippen LogP contribution in [0.1, 0.15) is 17.7 Å². The van der Waals surface area contributed by atoms with Gasteiger partial charge in [-0.25, -0.2) is 4.79 Å². The minimum absolute atomic E-state index is 0.0971. The van der Waals surface area contributed by atoms with Gasteiger partial charge in [0.15, 0.2) is 11.5 Å². The molecule has 3 aromatic rings. The molecule has 2 aromatic carbocycles. The number of furan rings is 1. The van der Waals surface area contributed by atoms with E-state index in [2.05, 4.69) is 5.32 Å². The maximum atomic E-state index is 12.9. The van der Waals surface area contributed by atoms with Gasteiger partial charge in [0.2, 0.25) is 0 Å². The monoisotopic (exact) mass is 510 g/mol. The first kappa shape index (κ1) is 24.9. The van der Waals surface area contributed by atoms with Gasteiger partial charge in [-0.2, -0.15) is 0 Å². The van der Waals surface area contributed by atoms with Gasteiger partial charge in [0, 0.05) is 11.4 Å². The summed E-state index contributed by atoms with van der Waals surface area (Å²) in [5, 5.41) is 2.82. The summed E-state index contributed by atoms with van der Waals surface area (Å²) >= 11 is 5.86. The lowest BCUT2D eigenvalue weighted by atomic mass is 10.1. The predicted octanol–water partition coefficient (Wildman–Crippen LogP) is 4.45. The zero-order valence-corrected chi connectivity index (χ0v) is 20.1. The lowest BCUT2D eigenvalue weighted by Gasteiger charge is -2.25. The molecule has 2 heterocycles. The molecule has 0 spiro atoms. The number of nitrogens with zero attached hydrogens (tertiary/aromatic N) is 1. The van der Waals surface area contributed by atoms with Crippen LogP contribution < -0.4 is 19.5 Å². The maximum Gasteiger partial charge on any atom is 0.331 e. The summed E-state index contributed by atoms with van der Waals surface area (Å²) < 4.78 is 22.1. The van der Waals surface area contributed by atoms with Gasteiger partial charge in [-0.3, -0.25) is 19.8 Å². The Morgan fingerprint density at radius 3 is 2.50 bits per heavy atom. The Morgan fingerprint density at radius 1 is 1.00 bits per heavy atom. The number of barbiturate groups is 1. The molecule has 1 fully saturated rings. The van der Waals surface area contributed by atoms with E-state index in [-0.39, 0.29) is 12.1 Å². The highest BCUT2D eigenvalue weighted by Crippen LogP contribution is 2.29. The fourth-order valence-electron chi connectivity index (χ4n) is 3.42. The summed E-state index contributed by atoms with van der Waals surface area (Å²) in [4.78, 5) is 38.3. The third kappa shape index (κ3) is 6.05. The van der Waals surface area contributed by atoms with Crippen molar-refractivity contribution >= 4 is 35.5 Å². The van der Waals surface area contributed by atoms with E-state index in [1.54, 1.807) is 54.6 Å². The predicted molar refractivity (Wildman–Crippen MR) is 131 cm³/mol. The quantitative estimate of drug-likeness (QED) is 0.244. The van der Waals surface area contributed by atoms with Crippen LogP contribution >= 0.6 is 11.6 Å². The molecule has 4 rings (SSSR count). The van der Waals surface area contributed by atoms with E-state index < -0.39 is 17.8 Å². The minimum Gasteiger partial charge on any atom is -0.493 e. The molecule has 0 unspecified atom stereocenters. The number of carbonyl (C=O) groups is 3. The number of rotatable bonds is 10. The molecule has 1 N–H and O–H groups in total. The summed E-state index contributed by atoms with van der Waals surface area (Å²) in [6.07, 6.45) is 3.46. The molecule has 0 atom stereocenters. The number of halogens is 1. The number of amides is 4.